The molecule has 7 heteroatoms. The van der Waals surface area contributed by atoms with Gasteiger partial charge in [-0.15, -0.1) is 11.8 Å². The fourth-order valence-corrected chi connectivity index (χ4v) is 3.33. The van der Waals surface area contributed by atoms with Gasteiger partial charge in [0.1, 0.15) is 5.69 Å². The Morgan fingerprint density at radius 3 is 2.64 bits per heavy atom. The molecule has 0 radical (unpaired) electrons. The van der Waals surface area contributed by atoms with Crippen molar-refractivity contribution >= 4 is 29.5 Å². The Bertz CT molecular complexity index is 760. The quantitative estimate of drug-likeness (QED) is 0.765. The number of imide groups is 1. The minimum absolute atomic E-state index is 0.115. The standard InChI is InChI=1S/C18H17N3O3S/c22-15(12-25-11-13-5-2-1-3-6-13)19-9-10-21-17(23)14-7-4-8-20-16(14)18(21)24/h1-8H,9-12H2,(H,19,22). The van der Waals surface area contributed by atoms with E-state index in [9.17, 15) is 14.4 Å². The molecule has 3 amide bonds. The van der Waals surface area contributed by atoms with E-state index in [1.807, 2.05) is 30.3 Å². The number of thioether (sulfide) groups is 1. The molecule has 1 aliphatic heterocycles. The molecule has 0 fully saturated rings. The zero-order valence-corrected chi connectivity index (χ0v) is 14.3. The van der Waals surface area contributed by atoms with Crippen LogP contribution in [0.4, 0.5) is 0 Å². The largest absolute Gasteiger partial charge is 0.354 e. The third-order valence-electron chi connectivity index (χ3n) is 3.73. The molecule has 0 atom stereocenters. The minimum atomic E-state index is -0.409. The minimum Gasteiger partial charge on any atom is -0.354 e. The van der Waals surface area contributed by atoms with Crippen LogP contribution in [0.3, 0.4) is 0 Å². The maximum atomic E-state index is 12.2. The summed E-state index contributed by atoms with van der Waals surface area (Å²) >= 11 is 1.52. The molecule has 0 unspecified atom stereocenters. The van der Waals surface area contributed by atoms with E-state index in [1.165, 1.54) is 23.5 Å². The fraction of sp³-hybridized carbons (Fsp3) is 0.222. The van der Waals surface area contributed by atoms with Crippen molar-refractivity contribution in [3.8, 4) is 0 Å². The van der Waals surface area contributed by atoms with E-state index in [-0.39, 0.29) is 30.6 Å². The molecule has 2 aromatic rings. The average molecular weight is 355 g/mol. The van der Waals surface area contributed by atoms with Gasteiger partial charge in [0.25, 0.3) is 11.8 Å². The highest BCUT2D eigenvalue weighted by Gasteiger charge is 2.36. The molecule has 6 nitrogen and oxygen atoms in total. The van der Waals surface area contributed by atoms with Gasteiger partial charge in [-0.2, -0.15) is 0 Å². The van der Waals surface area contributed by atoms with Crippen LogP contribution >= 0.6 is 11.8 Å². The van der Waals surface area contributed by atoms with Crippen LogP contribution in [-0.2, 0) is 10.5 Å². The van der Waals surface area contributed by atoms with Crippen LogP contribution in [0.5, 0.6) is 0 Å². The van der Waals surface area contributed by atoms with Gasteiger partial charge in [0, 0.05) is 25.0 Å². The summed E-state index contributed by atoms with van der Waals surface area (Å²) in [6.07, 6.45) is 1.49. The van der Waals surface area contributed by atoms with Crippen molar-refractivity contribution in [3.63, 3.8) is 0 Å². The molecule has 1 N–H and O–H groups in total. The summed E-state index contributed by atoms with van der Waals surface area (Å²) in [5.41, 5.74) is 1.66. The molecule has 1 aromatic heterocycles. The van der Waals surface area contributed by atoms with E-state index < -0.39 is 5.91 Å². The van der Waals surface area contributed by atoms with Crippen molar-refractivity contribution in [3.05, 3.63) is 65.5 Å². The number of carbonyl (C=O) groups excluding carboxylic acids is 3. The van der Waals surface area contributed by atoms with Crippen molar-refractivity contribution in [1.29, 1.82) is 0 Å². The molecule has 0 saturated heterocycles. The molecule has 128 valence electrons. The number of nitrogens with zero attached hydrogens (tertiary/aromatic N) is 2. The van der Waals surface area contributed by atoms with E-state index in [0.717, 1.165) is 10.7 Å². The third-order valence-corrected chi connectivity index (χ3v) is 4.74. The Balaban J connectivity index is 1.40. The van der Waals surface area contributed by atoms with Crippen LogP contribution in [0.15, 0.2) is 48.7 Å². The van der Waals surface area contributed by atoms with Crippen molar-refractivity contribution in [2.75, 3.05) is 18.8 Å². The molecule has 1 aromatic carbocycles. The number of rotatable bonds is 7. The predicted octanol–water partition coefficient (Wildman–Crippen LogP) is 1.73. The average Bonchev–Trinajstić information content (AvgIpc) is 2.88. The van der Waals surface area contributed by atoms with Gasteiger partial charge < -0.3 is 5.32 Å². The highest BCUT2D eigenvalue weighted by molar-refractivity contribution is 7.99. The van der Waals surface area contributed by atoms with Crippen LogP contribution in [0.1, 0.15) is 26.4 Å². The fourth-order valence-electron chi connectivity index (χ4n) is 2.51. The Morgan fingerprint density at radius 2 is 1.88 bits per heavy atom. The van der Waals surface area contributed by atoms with E-state index >= 15 is 0 Å². The zero-order valence-electron chi connectivity index (χ0n) is 13.5. The third kappa shape index (κ3) is 4.06. The molecule has 25 heavy (non-hydrogen) atoms. The topological polar surface area (TPSA) is 79.4 Å². The Labute approximate surface area is 149 Å². The monoisotopic (exact) mass is 355 g/mol. The first kappa shape index (κ1) is 17.2. The highest BCUT2D eigenvalue weighted by Crippen LogP contribution is 2.19. The van der Waals surface area contributed by atoms with Gasteiger partial charge in [-0.25, -0.2) is 0 Å². The van der Waals surface area contributed by atoms with Gasteiger partial charge in [-0.05, 0) is 17.7 Å². The summed E-state index contributed by atoms with van der Waals surface area (Å²) in [7, 11) is 0. The van der Waals surface area contributed by atoms with Gasteiger partial charge in [0.2, 0.25) is 5.91 Å². The number of benzene rings is 1. The molecule has 3 rings (SSSR count). The van der Waals surface area contributed by atoms with Gasteiger partial charge >= 0.3 is 0 Å². The van der Waals surface area contributed by atoms with E-state index in [0.29, 0.717) is 11.3 Å². The molecule has 0 aliphatic carbocycles. The normalized spacial score (nSPS) is 13.0. The maximum absolute atomic E-state index is 12.2. The number of hydrogen-bond donors (Lipinski definition) is 1. The lowest BCUT2D eigenvalue weighted by Crippen LogP contribution is -2.38. The second-order valence-electron chi connectivity index (χ2n) is 5.49. The summed E-state index contributed by atoms with van der Waals surface area (Å²) in [5.74, 6) is 0.210. The van der Waals surface area contributed by atoms with Crippen LogP contribution in [0, 0.1) is 0 Å². The summed E-state index contributed by atoms with van der Waals surface area (Å²) < 4.78 is 0. The van der Waals surface area contributed by atoms with Crippen LogP contribution in [0.25, 0.3) is 0 Å². The van der Waals surface area contributed by atoms with Crippen LogP contribution < -0.4 is 5.32 Å². The maximum Gasteiger partial charge on any atom is 0.280 e. The van der Waals surface area contributed by atoms with Gasteiger partial charge in [-0.1, -0.05) is 30.3 Å². The van der Waals surface area contributed by atoms with Crippen LogP contribution in [-0.4, -0.2) is 46.4 Å². The van der Waals surface area contributed by atoms with E-state index in [2.05, 4.69) is 10.3 Å². The van der Waals surface area contributed by atoms with Gasteiger partial charge in [0.15, 0.2) is 0 Å². The first-order chi connectivity index (χ1) is 12.2. The highest BCUT2D eigenvalue weighted by atomic mass is 32.2. The summed E-state index contributed by atoms with van der Waals surface area (Å²) in [4.78, 5) is 41.2. The summed E-state index contributed by atoms with van der Waals surface area (Å²) in [6, 6.07) is 13.1. The number of fused-ring (bicyclic) bond motifs is 1. The van der Waals surface area contributed by atoms with E-state index in [1.54, 1.807) is 12.1 Å². The molecule has 0 bridgehead atoms. The molecular formula is C18H17N3O3S. The Hall–Kier alpha value is -2.67. The number of amides is 3. The Morgan fingerprint density at radius 1 is 1.08 bits per heavy atom. The van der Waals surface area contributed by atoms with Crippen LogP contribution in [0.2, 0.25) is 0 Å². The first-order valence-electron chi connectivity index (χ1n) is 7.86. The van der Waals surface area contributed by atoms with Crippen molar-refractivity contribution in [2.45, 2.75) is 5.75 Å². The second-order valence-corrected chi connectivity index (χ2v) is 6.48. The molecule has 0 spiro atoms. The number of nitrogens with one attached hydrogen (secondary N) is 1. The lowest BCUT2D eigenvalue weighted by molar-refractivity contribution is -0.118. The first-order valence-corrected chi connectivity index (χ1v) is 9.02. The predicted molar refractivity (Wildman–Crippen MR) is 95.2 cm³/mol. The number of carbonyl (C=O) groups is 3. The van der Waals surface area contributed by atoms with Crippen molar-refractivity contribution < 1.29 is 14.4 Å². The molecular weight excluding hydrogens is 338 g/mol. The second kappa shape index (κ2) is 7.94. The number of hydrogen-bond acceptors (Lipinski definition) is 5. The van der Waals surface area contributed by atoms with Crippen molar-refractivity contribution in [2.24, 2.45) is 0 Å². The van der Waals surface area contributed by atoms with Gasteiger partial charge in [0.05, 0.1) is 11.3 Å². The molecule has 1 aliphatic rings. The Kier molecular flexibility index (Phi) is 5.45. The lowest BCUT2D eigenvalue weighted by Gasteiger charge is -2.13. The molecule has 0 saturated carbocycles. The smallest absolute Gasteiger partial charge is 0.280 e. The molecule has 2 heterocycles. The number of pyridine rings is 1. The van der Waals surface area contributed by atoms with Crippen molar-refractivity contribution in [1.82, 2.24) is 15.2 Å². The van der Waals surface area contributed by atoms with Gasteiger partial charge in [-0.3, -0.25) is 24.3 Å². The number of aromatic nitrogens is 1. The summed E-state index contributed by atoms with van der Waals surface area (Å²) in [6.45, 7) is 0.374. The zero-order chi connectivity index (χ0) is 17.6. The SMILES string of the molecule is O=C(CSCc1ccccc1)NCCN1C(=O)c2cccnc2C1=O. The lowest BCUT2D eigenvalue weighted by atomic mass is 10.2. The summed E-state index contributed by atoms with van der Waals surface area (Å²) in [5, 5.41) is 2.74. The van der Waals surface area contributed by atoms with E-state index in [4.69, 9.17) is 0 Å².